The van der Waals surface area contributed by atoms with E-state index >= 15 is 0 Å². The van der Waals surface area contributed by atoms with Crippen LogP contribution in [-0.2, 0) is 11.9 Å². The Morgan fingerprint density at radius 1 is 1.16 bits per heavy atom. The van der Waals surface area contributed by atoms with Gasteiger partial charge in [-0.2, -0.15) is 0 Å². The summed E-state index contributed by atoms with van der Waals surface area (Å²) in [6, 6.07) is 7.60. The molecule has 102 valence electrons. The van der Waals surface area contributed by atoms with Crippen molar-refractivity contribution in [2.45, 2.75) is 18.8 Å². The highest BCUT2D eigenvalue weighted by Gasteiger charge is 2.00. The van der Waals surface area contributed by atoms with Crippen LogP contribution in [0.3, 0.4) is 0 Å². The normalized spacial score (nSPS) is 10.4. The highest BCUT2D eigenvalue weighted by molar-refractivity contribution is 9.08. The molecule has 5 nitrogen and oxygen atoms in total. The Bertz CT molecular complexity index is 499. The van der Waals surface area contributed by atoms with Gasteiger partial charge in [-0.25, -0.2) is 4.68 Å². The lowest BCUT2D eigenvalue weighted by Crippen LogP contribution is -2.08. The molecule has 0 aliphatic heterocycles. The van der Waals surface area contributed by atoms with Crippen molar-refractivity contribution in [1.29, 1.82) is 0 Å². The van der Waals surface area contributed by atoms with Crippen molar-refractivity contribution in [3.8, 4) is 11.5 Å². The van der Waals surface area contributed by atoms with E-state index in [9.17, 15) is 0 Å². The van der Waals surface area contributed by atoms with Crippen molar-refractivity contribution in [3.05, 3.63) is 36.2 Å². The van der Waals surface area contributed by atoms with Crippen LogP contribution in [-0.4, -0.2) is 28.2 Å². The van der Waals surface area contributed by atoms with Gasteiger partial charge >= 0.3 is 0 Å². The molecule has 0 atom stereocenters. The zero-order valence-corrected chi connectivity index (χ0v) is 12.3. The third-order valence-electron chi connectivity index (χ3n) is 2.45. The Kier molecular flexibility index (Phi) is 5.20. The molecule has 1 heterocycles. The van der Waals surface area contributed by atoms with E-state index in [0.717, 1.165) is 17.2 Å². The molecule has 0 fully saturated rings. The quantitative estimate of drug-likeness (QED) is 0.734. The van der Waals surface area contributed by atoms with E-state index in [1.807, 2.05) is 37.4 Å². The largest absolute Gasteiger partial charge is 0.494 e. The van der Waals surface area contributed by atoms with Gasteiger partial charge in [0, 0.05) is 11.5 Å². The van der Waals surface area contributed by atoms with E-state index in [0.29, 0.717) is 25.1 Å². The highest BCUT2D eigenvalue weighted by Crippen LogP contribution is 2.17. The van der Waals surface area contributed by atoms with Crippen molar-refractivity contribution in [1.82, 2.24) is 15.0 Å². The van der Waals surface area contributed by atoms with Gasteiger partial charge < -0.3 is 9.47 Å². The number of rotatable bonds is 7. The number of aromatic nitrogens is 3. The summed E-state index contributed by atoms with van der Waals surface area (Å²) in [4.78, 5) is 0. The average Bonchev–Trinajstić information content (AvgIpc) is 2.89. The lowest BCUT2D eigenvalue weighted by atomic mass is 10.3. The Morgan fingerprint density at radius 2 is 1.84 bits per heavy atom. The molecule has 0 saturated carbocycles. The monoisotopic (exact) mass is 325 g/mol. The molecule has 0 bridgehead atoms. The number of benzene rings is 1. The summed E-state index contributed by atoms with van der Waals surface area (Å²) in [6.45, 7) is 3.86. The summed E-state index contributed by atoms with van der Waals surface area (Å²) >= 11 is 3.34. The summed E-state index contributed by atoms with van der Waals surface area (Å²) in [5, 5.41) is 8.69. The number of hydrogen-bond donors (Lipinski definition) is 0. The van der Waals surface area contributed by atoms with E-state index in [-0.39, 0.29) is 0 Å². The van der Waals surface area contributed by atoms with Gasteiger partial charge in [0.05, 0.1) is 18.8 Å². The minimum absolute atomic E-state index is 0.555. The maximum atomic E-state index is 5.63. The van der Waals surface area contributed by atoms with Gasteiger partial charge in [0.15, 0.2) is 0 Å². The standard InChI is InChI=1S/C13H16BrN3O2/c1-2-18-12-3-5-13(6-4-12)19-8-7-17-10-11(9-14)15-16-17/h3-6,10H,2,7-9H2,1H3. The first-order chi connectivity index (χ1) is 9.31. The molecule has 0 aliphatic rings. The zero-order valence-electron chi connectivity index (χ0n) is 10.8. The molecule has 1 aromatic carbocycles. The zero-order chi connectivity index (χ0) is 13.5. The van der Waals surface area contributed by atoms with Gasteiger partial charge in [-0.3, -0.25) is 0 Å². The minimum atomic E-state index is 0.555. The molecule has 0 spiro atoms. The molecule has 0 unspecified atom stereocenters. The van der Waals surface area contributed by atoms with E-state index in [1.54, 1.807) is 4.68 Å². The number of ether oxygens (including phenoxy) is 2. The molecule has 0 aliphatic carbocycles. The molecular weight excluding hydrogens is 310 g/mol. The summed E-state index contributed by atoms with van der Waals surface area (Å²) in [7, 11) is 0. The Hall–Kier alpha value is -1.56. The minimum Gasteiger partial charge on any atom is -0.494 e. The van der Waals surface area contributed by atoms with Gasteiger partial charge in [0.1, 0.15) is 18.1 Å². The van der Waals surface area contributed by atoms with E-state index < -0.39 is 0 Å². The predicted molar refractivity (Wildman–Crippen MR) is 75.8 cm³/mol. The maximum absolute atomic E-state index is 5.63. The van der Waals surface area contributed by atoms with Crippen LogP contribution in [0.5, 0.6) is 11.5 Å². The van der Waals surface area contributed by atoms with Crippen molar-refractivity contribution in [2.75, 3.05) is 13.2 Å². The molecule has 19 heavy (non-hydrogen) atoms. The fourth-order valence-corrected chi connectivity index (χ4v) is 1.82. The first-order valence-electron chi connectivity index (χ1n) is 6.12. The fourth-order valence-electron chi connectivity index (χ4n) is 1.56. The average molecular weight is 326 g/mol. The van der Waals surface area contributed by atoms with Crippen LogP contribution in [0.15, 0.2) is 30.5 Å². The van der Waals surface area contributed by atoms with Crippen molar-refractivity contribution in [3.63, 3.8) is 0 Å². The van der Waals surface area contributed by atoms with Crippen LogP contribution in [0.25, 0.3) is 0 Å². The van der Waals surface area contributed by atoms with Gasteiger partial charge in [0.2, 0.25) is 0 Å². The molecule has 0 N–H and O–H groups in total. The number of nitrogens with zero attached hydrogens (tertiary/aromatic N) is 3. The van der Waals surface area contributed by atoms with Gasteiger partial charge in [0.25, 0.3) is 0 Å². The van der Waals surface area contributed by atoms with E-state index in [1.165, 1.54) is 0 Å². The van der Waals surface area contributed by atoms with Crippen molar-refractivity contribution >= 4 is 15.9 Å². The van der Waals surface area contributed by atoms with Crippen LogP contribution in [0.2, 0.25) is 0 Å². The van der Waals surface area contributed by atoms with E-state index in [4.69, 9.17) is 9.47 Å². The lowest BCUT2D eigenvalue weighted by molar-refractivity contribution is 0.288. The summed E-state index contributed by atoms with van der Waals surface area (Å²) in [5.41, 5.74) is 0.918. The molecule has 6 heteroatoms. The molecule has 0 saturated heterocycles. The van der Waals surface area contributed by atoms with Crippen LogP contribution < -0.4 is 9.47 Å². The molecule has 2 rings (SSSR count). The summed E-state index contributed by atoms with van der Waals surface area (Å²) in [6.07, 6.45) is 1.90. The second-order valence-corrected chi connectivity index (χ2v) is 4.42. The van der Waals surface area contributed by atoms with Crippen LogP contribution in [0.4, 0.5) is 0 Å². The third kappa shape index (κ3) is 4.24. The first kappa shape index (κ1) is 13.9. The topological polar surface area (TPSA) is 49.2 Å². The first-order valence-corrected chi connectivity index (χ1v) is 7.24. The summed E-state index contributed by atoms with van der Waals surface area (Å²) in [5.74, 6) is 1.68. The van der Waals surface area contributed by atoms with Crippen molar-refractivity contribution < 1.29 is 9.47 Å². The Labute approximate surface area is 120 Å². The summed E-state index contributed by atoms with van der Waals surface area (Å²) < 4.78 is 12.8. The third-order valence-corrected chi connectivity index (χ3v) is 3.02. The molecule has 1 aromatic heterocycles. The van der Waals surface area contributed by atoms with Gasteiger partial charge in [-0.05, 0) is 31.2 Å². The molecule has 2 aromatic rings. The van der Waals surface area contributed by atoms with E-state index in [2.05, 4.69) is 26.2 Å². The van der Waals surface area contributed by atoms with Crippen molar-refractivity contribution in [2.24, 2.45) is 0 Å². The lowest BCUT2D eigenvalue weighted by Gasteiger charge is -2.07. The second kappa shape index (κ2) is 7.13. The van der Waals surface area contributed by atoms with Gasteiger partial charge in [-0.15, -0.1) is 5.10 Å². The highest BCUT2D eigenvalue weighted by atomic mass is 79.9. The Morgan fingerprint density at radius 3 is 2.42 bits per heavy atom. The molecule has 0 radical (unpaired) electrons. The van der Waals surface area contributed by atoms with Gasteiger partial charge in [-0.1, -0.05) is 21.1 Å². The molecular formula is C13H16BrN3O2. The molecule has 0 amide bonds. The Balaban J connectivity index is 1.78. The SMILES string of the molecule is CCOc1ccc(OCCn2cc(CBr)nn2)cc1. The maximum Gasteiger partial charge on any atom is 0.119 e. The predicted octanol–water partition coefficient (Wildman–Crippen LogP) is 2.65. The number of hydrogen-bond acceptors (Lipinski definition) is 4. The van der Waals surface area contributed by atoms with Crippen LogP contribution in [0.1, 0.15) is 12.6 Å². The van der Waals surface area contributed by atoms with Crippen LogP contribution >= 0.6 is 15.9 Å². The van der Waals surface area contributed by atoms with Crippen LogP contribution in [0, 0.1) is 0 Å². The number of alkyl halides is 1. The second-order valence-electron chi connectivity index (χ2n) is 3.86. The number of halogens is 1. The fraction of sp³-hybridized carbons (Fsp3) is 0.385. The smallest absolute Gasteiger partial charge is 0.119 e.